The van der Waals surface area contributed by atoms with E-state index in [1.807, 2.05) is 0 Å². The van der Waals surface area contributed by atoms with Crippen LogP contribution in [0.5, 0.6) is 0 Å². The van der Waals surface area contributed by atoms with Gasteiger partial charge in [-0.05, 0) is 55.3 Å². The van der Waals surface area contributed by atoms with Gasteiger partial charge in [-0.25, -0.2) is 9.78 Å². The molecule has 5 nitrogen and oxygen atoms in total. The molecule has 110 valence electrons. The van der Waals surface area contributed by atoms with E-state index in [9.17, 15) is 9.59 Å². The maximum absolute atomic E-state index is 11.9. The van der Waals surface area contributed by atoms with Gasteiger partial charge in [-0.1, -0.05) is 0 Å². The van der Waals surface area contributed by atoms with Crippen molar-refractivity contribution in [2.45, 2.75) is 39.2 Å². The zero-order chi connectivity index (χ0) is 15.2. The molecule has 6 heteroatoms. The van der Waals surface area contributed by atoms with E-state index in [0.29, 0.717) is 29.6 Å². The fourth-order valence-corrected chi connectivity index (χ4v) is 1.95. The van der Waals surface area contributed by atoms with E-state index in [4.69, 9.17) is 4.74 Å². The van der Waals surface area contributed by atoms with Gasteiger partial charge in [0.15, 0.2) is 5.78 Å². The predicted molar refractivity (Wildman–Crippen MR) is 79.7 cm³/mol. The minimum atomic E-state index is -0.513. The smallest absolute Gasteiger partial charge is 0.407 e. The summed E-state index contributed by atoms with van der Waals surface area (Å²) < 4.78 is 5.64. The Labute approximate surface area is 127 Å². The van der Waals surface area contributed by atoms with E-state index < -0.39 is 11.7 Å². The Kier molecular flexibility index (Phi) is 6.13. The lowest BCUT2D eigenvalue weighted by Crippen LogP contribution is -2.33. The molecule has 0 bridgehead atoms. The van der Waals surface area contributed by atoms with Crippen LogP contribution in [-0.2, 0) is 4.74 Å². The van der Waals surface area contributed by atoms with Crippen LogP contribution in [0, 0.1) is 0 Å². The molecule has 1 aromatic rings. The first-order valence-corrected chi connectivity index (χ1v) is 7.19. The number of pyridine rings is 1. The topological polar surface area (TPSA) is 68.3 Å². The summed E-state index contributed by atoms with van der Waals surface area (Å²) in [5, 5.41) is 2.62. The van der Waals surface area contributed by atoms with E-state index in [1.54, 1.807) is 39.1 Å². The molecule has 0 radical (unpaired) electrons. The number of carbonyl (C=O) groups is 2. The van der Waals surface area contributed by atoms with Gasteiger partial charge in [-0.15, -0.1) is 0 Å². The SMILES string of the molecule is CC(C)(C)OC(=O)NCCCC(=O)c1cccnc1Br. The minimum Gasteiger partial charge on any atom is -0.444 e. The third-order valence-corrected chi connectivity index (χ3v) is 2.94. The molecule has 1 N–H and O–H groups in total. The highest BCUT2D eigenvalue weighted by atomic mass is 79.9. The number of halogens is 1. The predicted octanol–water partition coefficient (Wildman–Crippen LogP) is 3.33. The summed E-state index contributed by atoms with van der Waals surface area (Å²) >= 11 is 3.24. The van der Waals surface area contributed by atoms with Gasteiger partial charge in [0, 0.05) is 19.2 Å². The van der Waals surface area contributed by atoms with Crippen molar-refractivity contribution in [3.63, 3.8) is 0 Å². The van der Waals surface area contributed by atoms with E-state index >= 15 is 0 Å². The summed E-state index contributed by atoms with van der Waals surface area (Å²) in [6.07, 6.45) is 2.05. The quantitative estimate of drug-likeness (QED) is 0.506. The third kappa shape index (κ3) is 6.14. The summed E-state index contributed by atoms with van der Waals surface area (Å²) in [6, 6.07) is 3.44. The summed E-state index contributed by atoms with van der Waals surface area (Å²) in [5.41, 5.74) is 0.0466. The molecule has 0 aliphatic rings. The van der Waals surface area contributed by atoms with Gasteiger partial charge in [0.2, 0.25) is 0 Å². The molecule has 0 unspecified atom stereocenters. The monoisotopic (exact) mass is 342 g/mol. The Morgan fingerprint density at radius 2 is 2.10 bits per heavy atom. The first-order chi connectivity index (χ1) is 9.29. The number of rotatable bonds is 5. The average Bonchev–Trinajstić information content (AvgIpc) is 2.33. The van der Waals surface area contributed by atoms with Crippen molar-refractivity contribution in [2.24, 2.45) is 0 Å². The highest BCUT2D eigenvalue weighted by molar-refractivity contribution is 9.10. The highest BCUT2D eigenvalue weighted by Crippen LogP contribution is 2.15. The number of Topliss-reactive ketones (excluding diaryl/α,β-unsaturated/α-hetero) is 1. The summed E-state index contributed by atoms with van der Waals surface area (Å²) in [4.78, 5) is 27.3. The van der Waals surface area contributed by atoms with Crippen LogP contribution in [0.25, 0.3) is 0 Å². The number of alkyl carbamates (subject to hydrolysis) is 1. The van der Waals surface area contributed by atoms with Crippen LogP contribution in [-0.4, -0.2) is 29.0 Å². The second kappa shape index (κ2) is 7.38. The minimum absolute atomic E-state index is 0.00374. The molecule has 0 aromatic carbocycles. The maximum atomic E-state index is 11.9. The summed E-state index contributed by atoms with van der Waals surface area (Å²) in [7, 11) is 0. The number of nitrogens with one attached hydrogen (secondary N) is 1. The molecular formula is C14H19BrN2O3. The van der Waals surface area contributed by atoms with Crippen molar-refractivity contribution >= 4 is 27.8 Å². The molecule has 0 saturated carbocycles. The van der Waals surface area contributed by atoms with Crippen LogP contribution >= 0.6 is 15.9 Å². The zero-order valence-electron chi connectivity index (χ0n) is 11.9. The lowest BCUT2D eigenvalue weighted by molar-refractivity contribution is 0.0525. The third-order valence-electron chi connectivity index (χ3n) is 2.31. The molecular weight excluding hydrogens is 324 g/mol. The largest absolute Gasteiger partial charge is 0.444 e. The van der Waals surface area contributed by atoms with Crippen molar-refractivity contribution in [3.05, 3.63) is 28.5 Å². The van der Waals surface area contributed by atoms with E-state index in [1.165, 1.54) is 0 Å². The molecule has 0 fully saturated rings. The van der Waals surface area contributed by atoms with Gasteiger partial charge in [0.05, 0.1) is 5.56 Å². The lowest BCUT2D eigenvalue weighted by atomic mass is 10.1. The lowest BCUT2D eigenvalue weighted by Gasteiger charge is -2.19. The van der Waals surface area contributed by atoms with Gasteiger partial charge < -0.3 is 10.1 Å². The number of ketones is 1. The molecule has 1 aromatic heterocycles. The number of hydrogen-bond donors (Lipinski definition) is 1. The van der Waals surface area contributed by atoms with Crippen molar-refractivity contribution in [2.75, 3.05) is 6.54 Å². The first-order valence-electron chi connectivity index (χ1n) is 6.40. The number of nitrogens with zero attached hydrogens (tertiary/aromatic N) is 1. The normalized spacial score (nSPS) is 11.0. The molecule has 0 saturated heterocycles. The molecule has 1 amide bonds. The van der Waals surface area contributed by atoms with E-state index in [0.717, 1.165) is 0 Å². The number of ether oxygens (including phenoxy) is 1. The Bertz CT molecular complexity index is 484. The van der Waals surface area contributed by atoms with Crippen LogP contribution in [0.2, 0.25) is 0 Å². The number of hydrogen-bond acceptors (Lipinski definition) is 4. The molecule has 1 rings (SSSR count). The maximum Gasteiger partial charge on any atom is 0.407 e. The highest BCUT2D eigenvalue weighted by Gasteiger charge is 2.16. The van der Waals surface area contributed by atoms with Crippen LogP contribution in [0.4, 0.5) is 4.79 Å². The molecule has 0 spiro atoms. The molecule has 20 heavy (non-hydrogen) atoms. The standard InChI is InChI=1S/C14H19BrN2O3/c1-14(2,3)20-13(19)17-9-5-7-11(18)10-6-4-8-16-12(10)15/h4,6,8H,5,7,9H2,1-3H3,(H,17,19). The van der Waals surface area contributed by atoms with Crippen LogP contribution in [0.1, 0.15) is 44.0 Å². The molecule has 0 aliphatic carbocycles. The van der Waals surface area contributed by atoms with Crippen LogP contribution < -0.4 is 5.32 Å². The van der Waals surface area contributed by atoms with Crippen LogP contribution in [0.15, 0.2) is 22.9 Å². The molecule has 0 atom stereocenters. The molecule has 1 heterocycles. The van der Waals surface area contributed by atoms with Crippen molar-refractivity contribution < 1.29 is 14.3 Å². The number of amides is 1. The van der Waals surface area contributed by atoms with Crippen molar-refractivity contribution in [1.29, 1.82) is 0 Å². The second-order valence-electron chi connectivity index (χ2n) is 5.30. The van der Waals surface area contributed by atoms with Gasteiger partial charge >= 0.3 is 6.09 Å². The number of carbonyl (C=O) groups excluding carboxylic acids is 2. The zero-order valence-corrected chi connectivity index (χ0v) is 13.5. The fraction of sp³-hybridized carbons (Fsp3) is 0.500. The van der Waals surface area contributed by atoms with E-state index in [-0.39, 0.29) is 5.78 Å². The van der Waals surface area contributed by atoms with Crippen molar-refractivity contribution in [3.8, 4) is 0 Å². The first kappa shape index (κ1) is 16.6. The summed E-state index contributed by atoms with van der Waals surface area (Å²) in [6.45, 7) is 5.81. The van der Waals surface area contributed by atoms with Crippen molar-refractivity contribution in [1.82, 2.24) is 10.3 Å². The fourth-order valence-electron chi connectivity index (χ4n) is 1.48. The Morgan fingerprint density at radius 3 is 2.70 bits per heavy atom. The second-order valence-corrected chi connectivity index (χ2v) is 6.05. The van der Waals surface area contributed by atoms with Gasteiger partial charge in [-0.3, -0.25) is 4.79 Å². The van der Waals surface area contributed by atoms with Gasteiger partial charge in [-0.2, -0.15) is 0 Å². The average molecular weight is 343 g/mol. The Balaban J connectivity index is 2.30. The Morgan fingerprint density at radius 1 is 1.40 bits per heavy atom. The molecule has 0 aliphatic heterocycles. The number of aromatic nitrogens is 1. The Hall–Kier alpha value is -1.43. The van der Waals surface area contributed by atoms with Gasteiger partial charge in [0.1, 0.15) is 10.2 Å². The van der Waals surface area contributed by atoms with Gasteiger partial charge in [0.25, 0.3) is 0 Å². The van der Waals surface area contributed by atoms with Crippen LogP contribution in [0.3, 0.4) is 0 Å². The van der Waals surface area contributed by atoms with E-state index in [2.05, 4.69) is 26.2 Å². The summed E-state index contributed by atoms with van der Waals surface area (Å²) in [5.74, 6) is -0.00374.